The highest BCUT2D eigenvalue weighted by Gasteiger charge is 2.13. The van der Waals surface area contributed by atoms with Crippen LogP contribution in [0, 0.1) is 6.92 Å². The molecule has 0 bridgehead atoms. The van der Waals surface area contributed by atoms with Gasteiger partial charge in [0.1, 0.15) is 5.02 Å². The summed E-state index contributed by atoms with van der Waals surface area (Å²) < 4.78 is 6.03. The molecule has 1 aromatic carbocycles. The van der Waals surface area contributed by atoms with Crippen LogP contribution in [0.3, 0.4) is 0 Å². The van der Waals surface area contributed by atoms with Gasteiger partial charge in [0.2, 0.25) is 5.91 Å². The summed E-state index contributed by atoms with van der Waals surface area (Å²) in [5.41, 5.74) is 2.78. The van der Waals surface area contributed by atoms with Gasteiger partial charge in [0.25, 0.3) is 0 Å². The van der Waals surface area contributed by atoms with Crippen molar-refractivity contribution in [2.45, 2.75) is 19.8 Å². The average molecular weight is 362 g/mol. The number of nitrogens with one attached hydrogen (secondary N) is 2. The number of esters is 1. The monoisotopic (exact) mass is 361 g/mol. The maximum absolute atomic E-state index is 11.8. The molecule has 0 spiro atoms. The number of benzene rings is 1. The molecule has 0 aliphatic carbocycles. The maximum Gasteiger partial charge on any atom is 0.306 e. The Kier molecular flexibility index (Phi) is 4.71. The Morgan fingerprint density at radius 1 is 1.28 bits per heavy atom. The van der Waals surface area contributed by atoms with Crippen LogP contribution in [0.5, 0.6) is 0 Å². The van der Waals surface area contributed by atoms with Crippen molar-refractivity contribution in [2.24, 2.45) is 0 Å². The number of hydrogen-bond donors (Lipinski definition) is 2. The molecule has 25 heavy (non-hydrogen) atoms. The van der Waals surface area contributed by atoms with Crippen LogP contribution in [0.1, 0.15) is 18.5 Å². The predicted molar refractivity (Wildman–Crippen MR) is 92.4 cm³/mol. The van der Waals surface area contributed by atoms with Crippen LogP contribution in [-0.2, 0) is 14.3 Å². The first-order valence-corrected chi connectivity index (χ1v) is 7.93. The van der Waals surface area contributed by atoms with Crippen molar-refractivity contribution < 1.29 is 14.3 Å². The number of aromatic amines is 1. The van der Waals surface area contributed by atoms with E-state index < -0.39 is 5.97 Å². The summed E-state index contributed by atoms with van der Waals surface area (Å²) in [5, 5.41) is 10.6. The van der Waals surface area contributed by atoms with E-state index in [-0.39, 0.29) is 18.7 Å². The predicted octanol–water partition coefficient (Wildman–Crippen LogP) is 2.58. The van der Waals surface area contributed by atoms with Crippen LogP contribution in [0.25, 0.3) is 17.0 Å². The number of H-pyrrole nitrogens is 1. The van der Waals surface area contributed by atoms with Gasteiger partial charge in [0.05, 0.1) is 19.2 Å². The summed E-state index contributed by atoms with van der Waals surface area (Å²) in [4.78, 5) is 27.2. The highest BCUT2D eigenvalue weighted by molar-refractivity contribution is 6.34. The lowest BCUT2D eigenvalue weighted by molar-refractivity contribution is -0.141. The number of carbonyl (C=O) groups excluding carboxylic acids is 2. The Labute approximate surface area is 148 Å². The molecule has 3 rings (SSSR count). The molecule has 130 valence electrons. The largest absolute Gasteiger partial charge is 0.469 e. The van der Waals surface area contributed by atoms with Crippen molar-refractivity contribution in [3.63, 3.8) is 0 Å². The quantitative estimate of drug-likeness (QED) is 0.680. The number of amides is 1. The first-order valence-electron chi connectivity index (χ1n) is 7.56. The second-order valence-corrected chi connectivity index (χ2v) is 5.80. The number of aromatic nitrogens is 4. The van der Waals surface area contributed by atoms with Crippen LogP contribution in [0.4, 0.5) is 5.69 Å². The van der Waals surface area contributed by atoms with Crippen molar-refractivity contribution in [1.82, 2.24) is 19.8 Å². The number of aryl methyl sites for hydroxylation is 1. The summed E-state index contributed by atoms with van der Waals surface area (Å²) in [7, 11) is 1.29. The molecule has 2 aromatic heterocycles. The molecule has 3 aromatic rings. The van der Waals surface area contributed by atoms with Crippen molar-refractivity contribution in [3.05, 3.63) is 35.0 Å². The van der Waals surface area contributed by atoms with E-state index in [0.717, 1.165) is 11.3 Å². The van der Waals surface area contributed by atoms with Gasteiger partial charge in [-0.3, -0.25) is 14.7 Å². The highest BCUT2D eigenvalue weighted by Crippen LogP contribution is 2.24. The second-order valence-electron chi connectivity index (χ2n) is 5.42. The molecule has 9 heteroatoms. The highest BCUT2D eigenvalue weighted by atomic mass is 35.5. The number of halogens is 1. The Morgan fingerprint density at radius 2 is 2.00 bits per heavy atom. The third-order valence-electron chi connectivity index (χ3n) is 3.62. The number of carbonyl (C=O) groups is 2. The summed E-state index contributed by atoms with van der Waals surface area (Å²) in [6.07, 6.45) is 0.116. The number of hydrogen-bond acceptors (Lipinski definition) is 5. The molecule has 8 nitrogen and oxygen atoms in total. The van der Waals surface area contributed by atoms with Crippen LogP contribution in [0.2, 0.25) is 5.02 Å². The van der Waals surface area contributed by atoms with Gasteiger partial charge in [-0.25, -0.2) is 4.98 Å². The smallest absolute Gasteiger partial charge is 0.306 e. The lowest BCUT2D eigenvalue weighted by Gasteiger charge is -2.05. The van der Waals surface area contributed by atoms with E-state index in [9.17, 15) is 9.59 Å². The van der Waals surface area contributed by atoms with E-state index in [1.807, 2.05) is 6.92 Å². The number of methoxy groups -OCH3 is 1. The molecule has 2 N–H and O–H groups in total. The third kappa shape index (κ3) is 3.63. The van der Waals surface area contributed by atoms with E-state index in [1.165, 1.54) is 11.7 Å². The molecule has 0 aliphatic heterocycles. The van der Waals surface area contributed by atoms with Crippen LogP contribution in [0.15, 0.2) is 24.3 Å². The lowest BCUT2D eigenvalue weighted by atomic mass is 10.2. The van der Waals surface area contributed by atoms with Gasteiger partial charge in [-0.15, -0.1) is 5.10 Å². The van der Waals surface area contributed by atoms with Crippen LogP contribution < -0.4 is 5.32 Å². The molecule has 0 aliphatic rings. The maximum atomic E-state index is 11.8. The molecular weight excluding hydrogens is 346 g/mol. The van der Waals surface area contributed by atoms with Gasteiger partial charge in [-0.1, -0.05) is 11.6 Å². The van der Waals surface area contributed by atoms with Gasteiger partial charge >= 0.3 is 5.97 Å². The van der Waals surface area contributed by atoms with Crippen LogP contribution >= 0.6 is 11.6 Å². The Balaban J connectivity index is 1.68. The van der Waals surface area contributed by atoms with E-state index in [1.54, 1.807) is 24.3 Å². The standard InChI is InChI=1S/C16H16ClN5O3/c1-9-14(17)16-19-15(21-22(16)20-9)10-3-5-11(6-4-10)18-12(23)7-8-13(24)25-2/h3-6,20H,7-8H2,1-2H3,(H,18,23). The molecule has 0 saturated carbocycles. The second kappa shape index (κ2) is 6.94. The summed E-state index contributed by atoms with van der Waals surface area (Å²) in [6.45, 7) is 1.84. The molecule has 0 fully saturated rings. The summed E-state index contributed by atoms with van der Waals surface area (Å²) in [6, 6.07) is 7.08. The topological polar surface area (TPSA) is 101 Å². The van der Waals surface area contributed by atoms with Crippen molar-refractivity contribution >= 4 is 34.8 Å². The SMILES string of the molecule is COC(=O)CCC(=O)Nc1ccc(-c2nc3c(Cl)c(C)[nH]n3n2)cc1. The Hall–Kier alpha value is -2.87. The zero-order chi connectivity index (χ0) is 18.0. The van der Waals surface area contributed by atoms with Gasteiger partial charge in [0.15, 0.2) is 11.5 Å². The van der Waals surface area contributed by atoms with Gasteiger partial charge in [-0.05, 0) is 31.2 Å². The molecular formula is C16H16ClN5O3. The minimum absolute atomic E-state index is 0.0469. The zero-order valence-corrected chi connectivity index (χ0v) is 14.4. The Bertz CT molecular complexity index is 929. The molecule has 1 amide bonds. The van der Waals surface area contributed by atoms with Crippen molar-refractivity contribution in [1.29, 1.82) is 0 Å². The molecule has 2 heterocycles. The number of anilines is 1. The fourth-order valence-electron chi connectivity index (χ4n) is 2.27. The van der Waals surface area contributed by atoms with E-state index in [4.69, 9.17) is 11.6 Å². The van der Waals surface area contributed by atoms with E-state index in [2.05, 4.69) is 25.2 Å². The summed E-state index contributed by atoms with van der Waals surface area (Å²) in [5.74, 6) is -0.147. The lowest BCUT2D eigenvalue weighted by Crippen LogP contribution is -2.13. The average Bonchev–Trinajstić information content (AvgIpc) is 3.13. The number of nitrogens with zero attached hydrogens (tertiary/aromatic N) is 3. The fraction of sp³-hybridized carbons (Fsp3) is 0.250. The zero-order valence-electron chi connectivity index (χ0n) is 13.7. The molecule has 0 unspecified atom stereocenters. The number of fused-ring (bicyclic) bond motifs is 1. The minimum Gasteiger partial charge on any atom is -0.469 e. The number of ether oxygens (including phenoxy) is 1. The molecule has 0 atom stereocenters. The fourth-order valence-corrected chi connectivity index (χ4v) is 2.44. The minimum atomic E-state index is -0.416. The van der Waals surface area contributed by atoms with E-state index in [0.29, 0.717) is 22.2 Å². The molecule has 0 saturated heterocycles. The van der Waals surface area contributed by atoms with E-state index >= 15 is 0 Å². The summed E-state index contributed by atoms with van der Waals surface area (Å²) >= 11 is 6.15. The van der Waals surface area contributed by atoms with Gasteiger partial charge in [0, 0.05) is 17.7 Å². The van der Waals surface area contributed by atoms with Gasteiger partial charge in [-0.2, -0.15) is 4.63 Å². The third-order valence-corrected chi connectivity index (χ3v) is 4.07. The first kappa shape index (κ1) is 17.0. The first-order chi connectivity index (χ1) is 12.0. The normalized spacial score (nSPS) is 10.8. The van der Waals surface area contributed by atoms with Crippen LogP contribution in [-0.4, -0.2) is 38.8 Å². The number of rotatable bonds is 5. The van der Waals surface area contributed by atoms with Crippen molar-refractivity contribution in [2.75, 3.05) is 12.4 Å². The molecule has 0 radical (unpaired) electrons. The van der Waals surface area contributed by atoms with Gasteiger partial charge < -0.3 is 10.1 Å². The Morgan fingerprint density at radius 3 is 2.64 bits per heavy atom. The van der Waals surface area contributed by atoms with Crippen molar-refractivity contribution in [3.8, 4) is 11.4 Å².